The summed E-state index contributed by atoms with van der Waals surface area (Å²) >= 11 is 2.58. The van der Waals surface area contributed by atoms with Crippen LogP contribution in [0.3, 0.4) is 0 Å². The number of ketones is 2. The van der Waals surface area contributed by atoms with E-state index < -0.39 is 29.0 Å². The molecule has 1 saturated heterocycles. The van der Waals surface area contributed by atoms with E-state index >= 15 is 0 Å². The minimum atomic E-state index is -0.803. The summed E-state index contributed by atoms with van der Waals surface area (Å²) in [4.78, 5) is 159. The fourth-order valence-electron chi connectivity index (χ4n) is 15.3. The Hall–Kier alpha value is -6.95. The lowest BCUT2D eigenvalue weighted by molar-refractivity contribution is -0.157. The number of Topliss-reactive ketones (excluding diaryl/α,β-unsaturated/α-hetero) is 2. The van der Waals surface area contributed by atoms with Crippen LogP contribution in [0, 0.1) is 11.8 Å². The number of esters is 2. The Morgan fingerprint density at radius 2 is 1.18 bits per heavy atom. The van der Waals surface area contributed by atoms with Gasteiger partial charge in [0.25, 0.3) is 5.91 Å². The van der Waals surface area contributed by atoms with E-state index in [1.54, 1.807) is 38.2 Å². The first-order chi connectivity index (χ1) is 57.7. The van der Waals surface area contributed by atoms with Gasteiger partial charge in [-0.1, -0.05) is 193 Å². The van der Waals surface area contributed by atoms with Crippen molar-refractivity contribution in [2.24, 2.45) is 17.6 Å². The number of aromatic nitrogens is 4. The number of nitrogens with zero attached hydrogens (tertiary/aromatic N) is 5. The predicted octanol–water partition coefficient (Wildman–Crippen LogP) is 13.7. The molecule has 672 valence electrons. The van der Waals surface area contributed by atoms with Crippen molar-refractivity contribution < 1.29 is 57.4 Å². The number of amides is 6. The molecule has 29 heteroatoms. The van der Waals surface area contributed by atoms with Gasteiger partial charge in [-0.05, 0) is 147 Å². The molecule has 119 heavy (non-hydrogen) atoms. The lowest BCUT2D eigenvalue weighted by atomic mass is 9.81. The van der Waals surface area contributed by atoms with Crippen LogP contribution >= 0.6 is 23.5 Å². The van der Waals surface area contributed by atoms with Crippen LogP contribution in [0.25, 0.3) is 11.2 Å². The van der Waals surface area contributed by atoms with Gasteiger partial charge in [0.1, 0.15) is 24.0 Å². The number of hydrogen-bond acceptors (Lipinski definition) is 22. The van der Waals surface area contributed by atoms with Gasteiger partial charge in [-0.3, -0.25) is 57.4 Å². The molecule has 6 amide bonds. The summed E-state index contributed by atoms with van der Waals surface area (Å²) in [5.74, 6) is -1.15. The highest BCUT2D eigenvalue weighted by Crippen LogP contribution is 2.34. The standard InChI is InChI=1S/C90H152N14O13S2/c1-6-9-12-14-16-18-20-22-24-26-28-30-32-43-80(109)116-64-74(117-81(110)44-33-31-29-27-25-23-21-19-17-15-13-10-7-2)65-118-66-75(91)86(112)96-57-40-54-94-53-37-39-59-102(87(113)72-51-47-69(48-52-72)62-103-79(108)60-77(88(103)114)119-67-78(107)95-56-36-34-42-76(93-5)68(4)105)58-38-35-41-73(106)61-98-85(111)71-49-45-70(46-50-71)63-104-84-82(99-90(104)115)83(92)100-89(101-84)97-55-11-8-3/h45-46,49-50,69,72,74-77,93-94H,6-44,47-48,51-67,91H2,1-5H3,(H,95,107)(H,96,112)(H,98,111)(H,99,115)(H3,92,97,100,101). The maximum Gasteiger partial charge on any atom is 0.328 e. The number of nitrogens with two attached hydrogens (primary N) is 2. The number of fused-ring (bicyclic) bond motifs is 1. The Morgan fingerprint density at radius 3 is 1.79 bits per heavy atom. The van der Waals surface area contributed by atoms with E-state index in [4.69, 9.17) is 20.9 Å². The lowest BCUT2D eigenvalue weighted by Crippen LogP contribution is -2.43. The topological polar surface area (TPSA) is 383 Å². The molecule has 11 N–H and O–H groups in total. The number of ether oxygens (including phenoxy) is 2. The zero-order valence-electron chi connectivity index (χ0n) is 73.3. The highest BCUT2D eigenvalue weighted by atomic mass is 32.2. The number of imide groups is 1. The van der Waals surface area contributed by atoms with Crippen LogP contribution in [-0.4, -0.2) is 202 Å². The molecule has 1 aromatic carbocycles. The molecule has 1 aliphatic heterocycles. The normalized spacial score (nSPS) is 15.5. The minimum Gasteiger partial charge on any atom is -0.462 e. The monoisotopic (exact) mass is 1700 g/mol. The summed E-state index contributed by atoms with van der Waals surface area (Å²) in [7, 11) is 1.75. The number of likely N-dealkylation sites (tertiary alicyclic amines) is 1. The van der Waals surface area contributed by atoms with Crippen LogP contribution in [0.4, 0.5) is 11.8 Å². The highest BCUT2D eigenvalue weighted by molar-refractivity contribution is 8.01. The van der Waals surface area contributed by atoms with Gasteiger partial charge < -0.3 is 62.7 Å². The zero-order valence-corrected chi connectivity index (χ0v) is 74.9. The molecule has 3 aromatic rings. The van der Waals surface area contributed by atoms with Crippen LogP contribution in [0.5, 0.6) is 0 Å². The molecule has 2 aliphatic rings. The van der Waals surface area contributed by atoms with Crippen molar-refractivity contribution in [3.63, 3.8) is 0 Å². The number of carbonyl (C=O) groups is 10. The van der Waals surface area contributed by atoms with Crippen molar-refractivity contribution in [2.45, 2.75) is 340 Å². The quantitative estimate of drug-likeness (QED) is 0.0144. The fourth-order valence-corrected chi connectivity index (χ4v) is 17.3. The number of likely N-dealkylation sites (N-methyl/N-ethyl adjacent to an activating group) is 1. The zero-order chi connectivity index (χ0) is 86.0. The number of H-pyrrole nitrogens is 1. The predicted molar refractivity (Wildman–Crippen MR) is 479 cm³/mol. The van der Waals surface area contributed by atoms with Gasteiger partial charge in [0.15, 0.2) is 17.2 Å². The molecule has 0 spiro atoms. The Bertz CT molecular complexity index is 3480. The summed E-state index contributed by atoms with van der Waals surface area (Å²) in [6.07, 6.45) is 41.5. The van der Waals surface area contributed by atoms with E-state index in [1.807, 2.05) is 4.90 Å². The van der Waals surface area contributed by atoms with Crippen molar-refractivity contribution in [3.05, 3.63) is 45.9 Å². The molecule has 3 heterocycles. The van der Waals surface area contributed by atoms with E-state index in [0.29, 0.717) is 151 Å². The summed E-state index contributed by atoms with van der Waals surface area (Å²) in [5, 5.41) is 17.6. The number of nitrogens with one attached hydrogen (secondary N) is 7. The van der Waals surface area contributed by atoms with E-state index in [2.05, 4.69) is 67.6 Å². The van der Waals surface area contributed by atoms with Gasteiger partial charge >= 0.3 is 17.6 Å². The maximum absolute atomic E-state index is 14.5. The Kier molecular flexibility index (Phi) is 54.4. The first kappa shape index (κ1) is 103. The summed E-state index contributed by atoms with van der Waals surface area (Å²) < 4.78 is 13.1. The number of unbranched alkanes of at least 4 members (excludes halogenated alkanes) is 28. The highest BCUT2D eigenvalue weighted by Gasteiger charge is 2.41. The second-order valence-corrected chi connectivity index (χ2v) is 35.3. The molecule has 2 aromatic heterocycles. The molecule has 5 rings (SSSR count). The third-order valence-electron chi connectivity index (χ3n) is 22.7. The first-order valence-corrected chi connectivity index (χ1v) is 48.2. The van der Waals surface area contributed by atoms with Crippen LogP contribution in [0.15, 0.2) is 29.1 Å². The largest absolute Gasteiger partial charge is 0.462 e. The van der Waals surface area contributed by atoms with E-state index in [9.17, 15) is 52.7 Å². The minimum absolute atomic E-state index is 0.0328. The summed E-state index contributed by atoms with van der Waals surface area (Å²) in [5.41, 5.74) is 13.9. The molecular weight excluding hydrogens is 1550 g/mol. The fraction of sp³-hybridized carbons (Fsp3) is 0.767. The van der Waals surface area contributed by atoms with Crippen molar-refractivity contribution in [3.8, 4) is 0 Å². The van der Waals surface area contributed by atoms with Crippen LogP contribution in [0.1, 0.15) is 326 Å². The average Bonchev–Trinajstić information content (AvgIpc) is 1.63. The molecule has 1 aliphatic carbocycles. The number of benzene rings is 1. The summed E-state index contributed by atoms with van der Waals surface area (Å²) in [6.45, 7) is 12.1. The number of thioether (sulfide) groups is 2. The average molecular weight is 1700 g/mol. The molecular formula is C90H152N14O13S2. The Morgan fingerprint density at radius 1 is 0.622 bits per heavy atom. The van der Waals surface area contributed by atoms with Crippen molar-refractivity contribution in [2.75, 3.05) is 101 Å². The first-order valence-electron chi connectivity index (χ1n) is 46.0. The van der Waals surface area contributed by atoms with Gasteiger partial charge in [0.05, 0.1) is 36.2 Å². The second kappa shape index (κ2) is 63.1. The van der Waals surface area contributed by atoms with Gasteiger partial charge in [0, 0.05) is 87.9 Å². The van der Waals surface area contributed by atoms with E-state index in [-0.39, 0.29) is 127 Å². The van der Waals surface area contributed by atoms with Crippen molar-refractivity contribution in [1.29, 1.82) is 0 Å². The third-order valence-corrected chi connectivity index (χ3v) is 25.1. The lowest BCUT2D eigenvalue weighted by Gasteiger charge is -2.33. The molecule has 4 atom stereocenters. The van der Waals surface area contributed by atoms with Crippen LogP contribution in [-0.2, 0) is 59.2 Å². The molecule has 1 saturated carbocycles. The second-order valence-electron chi connectivity index (χ2n) is 33.0. The number of hydrogen-bond donors (Lipinski definition) is 9. The molecule has 27 nitrogen and oxygen atoms in total. The molecule has 0 radical (unpaired) electrons. The Labute approximate surface area is 719 Å². The molecule has 0 bridgehead atoms. The van der Waals surface area contributed by atoms with E-state index in [1.165, 1.54) is 161 Å². The number of rotatable bonds is 72. The van der Waals surface area contributed by atoms with Crippen molar-refractivity contribution >= 4 is 105 Å². The van der Waals surface area contributed by atoms with E-state index in [0.717, 1.165) is 69.8 Å². The van der Waals surface area contributed by atoms with Crippen molar-refractivity contribution in [1.82, 2.24) is 55.9 Å². The SMILES string of the molecule is CCCCCCCCCCCCCCCC(=O)OCC(CSCC(N)C(=O)NCCCNCCCCN(CCCCC(=O)CNC(=O)c1ccc(Cn2c(=O)[nH]c3c(N)nc(NCCCC)nc32)cc1)C(=O)C1CCC(CN2C(=O)CC(SCC(=O)NCCCCC(NC)C(C)=O)C2=O)CC1)OC(=O)CCCCCCCCCCCCCCC. The van der Waals surface area contributed by atoms with Gasteiger partial charge in [-0.2, -0.15) is 21.7 Å². The number of aromatic amines is 1. The number of imidazole rings is 1. The molecule has 2 fully saturated rings. The number of carbonyl (C=O) groups excluding carboxylic acids is 10. The van der Waals surface area contributed by atoms with Gasteiger partial charge in [-0.25, -0.2) is 4.79 Å². The smallest absolute Gasteiger partial charge is 0.328 e. The Balaban J connectivity index is 1.04. The molecule has 4 unspecified atom stereocenters. The number of nitrogen functional groups attached to an aromatic ring is 1. The van der Waals surface area contributed by atoms with Gasteiger partial charge in [-0.15, -0.1) is 11.8 Å². The maximum atomic E-state index is 14.5. The number of anilines is 2. The third kappa shape index (κ3) is 43.6. The van der Waals surface area contributed by atoms with Gasteiger partial charge in [0.2, 0.25) is 35.5 Å². The van der Waals surface area contributed by atoms with Crippen LogP contribution in [0.2, 0.25) is 0 Å². The van der Waals surface area contributed by atoms with Crippen LogP contribution < -0.4 is 49.1 Å². The summed E-state index contributed by atoms with van der Waals surface area (Å²) in [6, 6.07) is 5.73.